The minimum atomic E-state index is 0.247. The summed E-state index contributed by atoms with van der Waals surface area (Å²) < 4.78 is 0. The van der Waals surface area contributed by atoms with Crippen LogP contribution in [-0.4, -0.2) is 29.5 Å². The van der Waals surface area contributed by atoms with Crippen LogP contribution >= 0.6 is 11.6 Å². The van der Waals surface area contributed by atoms with Gasteiger partial charge in [0.25, 0.3) is 0 Å². The van der Waals surface area contributed by atoms with Crippen LogP contribution in [0.5, 0.6) is 0 Å². The van der Waals surface area contributed by atoms with Crippen molar-refractivity contribution in [1.82, 2.24) is 9.88 Å². The highest BCUT2D eigenvalue weighted by atomic mass is 35.5. The average Bonchev–Trinajstić information content (AvgIpc) is 2.96. The predicted octanol–water partition coefficient (Wildman–Crippen LogP) is 2.98. The van der Waals surface area contributed by atoms with Crippen molar-refractivity contribution in [2.24, 2.45) is 5.73 Å². The molecule has 0 saturated carbocycles. The Bertz CT molecular complexity index is 579. The van der Waals surface area contributed by atoms with Crippen molar-refractivity contribution in [1.29, 1.82) is 0 Å². The molecular weight excluding hydrogens is 258 g/mol. The molecule has 2 heterocycles. The molecule has 1 saturated heterocycles. The van der Waals surface area contributed by atoms with Gasteiger partial charge in [-0.15, -0.1) is 0 Å². The highest BCUT2D eigenvalue weighted by Crippen LogP contribution is 2.32. The van der Waals surface area contributed by atoms with E-state index in [-0.39, 0.29) is 6.04 Å². The minimum absolute atomic E-state index is 0.247. The van der Waals surface area contributed by atoms with Crippen LogP contribution in [-0.2, 0) is 0 Å². The third-order valence-corrected chi connectivity index (χ3v) is 4.24. The number of hydrogen-bond acceptors (Lipinski definition) is 3. The molecule has 1 unspecified atom stereocenters. The molecular formula is C15H18ClN3. The van der Waals surface area contributed by atoms with Crippen molar-refractivity contribution in [3.8, 4) is 0 Å². The van der Waals surface area contributed by atoms with Crippen LogP contribution in [0, 0.1) is 0 Å². The van der Waals surface area contributed by atoms with Crippen molar-refractivity contribution in [2.45, 2.75) is 18.9 Å². The molecule has 3 rings (SSSR count). The second kappa shape index (κ2) is 5.45. The second-order valence-corrected chi connectivity index (χ2v) is 5.44. The number of nitrogens with zero attached hydrogens (tertiary/aromatic N) is 2. The lowest BCUT2D eigenvalue weighted by Gasteiger charge is -2.27. The quantitative estimate of drug-likeness (QED) is 0.936. The van der Waals surface area contributed by atoms with Gasteiger partial charge in [0.05, 0.1) is 5.52 Å². The Hall–Kier alpha value is -1.16. The van der Waals surface area contributed by atoms with Gasteiger partial charge >= 0.3 is 0 Å². The van der Waals surface area contributed by atoms with Gasteiger partial charge in [-0.3, -0.25) is 9.88 Å². The van der Waals surface area contributed by atoms with E-state index in [1.54, 1.807) is 0 Å². The molecule has 0 spiro atoms. The average molecular weight is 276 g/mol. The van der Waals surface area contributed by atoms with E-state index in [1.165, 1.54) is 18.4 Å². The number of hydrogen-bond donors (Lipinski definition) is 1. The standard InChI is InChI=1S/C15H18ClN3/c16-13-6-5-12(15-11(13)4-3-7-18-15)14(10-17)19-8-1-2-9-19/h3-7,14H,1-2,8-10,17H2. The molecule has 3 nitrogen and oxygen atoms in total. The van der Waals surface area contributed by atoms with Gasteiger partial charge in [-0.25, -0.2) is 0 Å². The number of nitrogens with two attached hydrogens (primary N) is 1. The van der Waals surface area contributed by atoms with Crippen LogP contribution in [0.3, 0.4) is 0 Å². The molecule has 1 aliphatic rings. The van der Waals surface area contributed by atoms with Crippen LogP contribution in [0.4, 0.5) is 0 Å². The van der Waals surface area contributed by atoms with E-state index in [2.05, 4.69) is 16.0 Å². The van der Waals surface area contributed by atoms with E-state index in [1.807, 2.05) is 24.4 Å². The van der Waals surface area contributed by atoms with Crippen molar-refractivity contribution in [2.75, 3.05) is 19.6 Å². The molecule has 1 atom stereocenters. The summed E-state index contributed by atoms with van der Waals surface area (Å²) in [5.74, 6) is 0. The molecule has 0 aliphatic carbocycles. The maximum absolute atomic E-state index is 6.25. The maximum Gasteiger partial charge on any atom is 0.0765 e. The fraction of sp³-hybridized carbons (Fsp3) is 0.400. The third-order valence-electron chi connectivity index (χ3n) is 3.91. The van der Waals surface area contributed by atoms with Gasteiger partial charge in [0, 0.05) is 29.2 Å². The van der Waals surface area contributed by atoms with Crippen molar-refractivity contribution < 1.29 is 0 Å². The highest BCUT2D eigenvalue weighted by Gasteiger charge is 2.24. The largest absolute Gasteiger partial charge is 0.329 e. The molecule has 2 N–H and O–H groups in total. The Balaban J connectivity index is 2.10. The SMILES string of the molecule is NCC(c1ccc(Cl)c2cccnc12)N1CCCC1. The van der Waals surface area contributed by atoms with Gasteiger partial charge < -0.3 is 5.73 Å². The van der Waals surface area contributed by atoms with Crippen LogP contribution in [0.25, 0.3) is 10.9 Å². The van der Waals surface area contributed by atoms with Crippen molar-refractivity contribution >= 4 is 22.5 Å². The lowest BCUT2D eigenvalue weighted by molar-refractivity contribution is 0.252. The normalized spacial score (nSPS) is 18.0. The first kappa shape index (κ1) is 12.9. The van der Waals surface area contributed by atoms with Crippen molar-refractivity contribution in [3.05, 3.63) is 41.0 Å². The molecule has 0 bridgehead atoms. The number of rotatable bonds is 3. The molecule has 1 fully saturated rings. The topological polar surface area (TPSA) is 42.1 Å². The first-order chi connectivity index (χ1) is 9.31. The lowest BCUT2D eigenvalue weighted by Crippen LogP contribution is -2.31. The van der Waals surface area contributed by atoms with E-state index >= 15 is 0 Å². The number of halogens is 1. The van der Waals surface area contributed by atoms with Gasteiger partial charge in [-0.05, 0) is 49.7 Å². The first-order valence-electron chi connectivity index (χ1n) is 6.78. The van der Waals surface area contributed by atoms with Crippen molar-refractivity contribution in [3.63, 3.8) is 0 Å². The van der Waals surface area contributed by atoms with Gasteiger partial charge in [0.15, 0.2) is 0 Å². The van der Waals surface area contributed by atoms with Crippen LogP contribution in [0.1, 0.15) is 24.4 Å². The van der Waals surface area contributed by atoms with Crippen LogP contribution in [0.15, 0.2) is 30.5 Å². The summed E-state index contributed by atoms with van der Waals surface area (Å²) in [6.07, 6.45) is 4.34. The molecule has 0 amide bonds. The zero-order chi connectivity index (χ0) is 13.2. The number of aromatic nitrogens is 1. The summed E-state index contributed by atoms with van der Waals surface area (Å²) in [6.45, 7) is 2.87. The summed E-state index contributed by atoms with van der Waals surface area (Å²) >= 11 is 6.25. The Kier molecular flexibility index (Phi) is 3.69. The Morgan fingerprint density at radius 3 is 2.79 bits per heavy atom. The van der Waals surface area contributed by atoms with Gasteiger partial charge in [0.1, 0.15) is 0 Å². The van der Waals surface area contributed by atoms with Crippen LogP contribution < -0.4 is 5.73 Å². The van der Waals surface area contributed by atoms with Gasteiger partial charge in [0.2, 0.25) is 0 Å². The number of pyridine rings is 1. The van der Waals surface area contributed by atoms with E-state index in [4.69, 9.17) is 17.3 Å². The summed E-state index contributed by atoms with van der Waals surface area (Å²) in [5.41, 5.74) is 8.19. The monoisotopic (exact) mass is 275 g/mol. The van der Waals surface area contributed by atoms with Gasteiger partial charge in [-0.1, -0.05) is 17.7 Å². The zero-order valence-electron chi connectivity index (χ0n) is 10.8. The number of likely N-dealkylation sites (tertiary alicyclic amines) is 1. The van der Waals surface area contributed by atoms with Gasteiger partial charge in [-0.2, -0.15) is 0 Å². The summed E-state index contributed by atoms with van der Waals surface area (Å²) in [5, 5.41) is 1.77. The van der Waals surface area contributed by atoms with E-state index < -0.39 is 0 Å². The molecule has 100 valence electrons. The first-order valence-corrected chi connectivity index (χ1v) is 7.16. The fourth-order valence-electron chi connectivity index (χ4n) is 2.95. The molecule has 2 aromatic rings. The summed E-state index contributed by atoms with van der Waals surface area (Å²) in [6, 6.07) is 8.22. The summed E-state index contributed by atoms with van der Waals surface area (Å²) in [7, 11) is 0. The molecule has 1 aliphatic heterocycles. The molecule has 1 aromatic heterocycles. The van der Waals surface area contributed by atoms with Crippen LogP contribution in [0.2, 0.25) is 5.02 Å². The fourth-order valence-corrected chi connectivity index (χ4v) is 3.17. The second-order valence-electron chi connectivity index (χ2n) is 5.03. The lowest BCUT2D eigenvalue weighted by atomic mass is 10.0. The van der Waals surface area contributed by atoms with E-state index in [0.29, 0.717) is 6.54 Å². The zero-order valence-corrected chi connectivity index (χ0v) is 11.6. The maximum atomic E-state index is 6.25. The predicted molar refractivity (Wildman–Crippen MR) is 79.4 cm³/mol. The number of benzene rings is 1. The summed E-state index contributed by atoms with van der Waals surface area (Å²) in [4.78, 5) is 6.97. The molecule has 19 heavy (non-hydrogen) atoms. The van der Waals surface area contributed by atoms with E-state index in [9.17, 15) is 0 Å². The minimum Gasteiger partial charge on any atom is -0.329 e. The van der Waals surface area contributed by atoms with E-state index in [0.717, 1.165) is 29.0 Å². The molecule has 4 heteroatoms. The molecule has 0 radical (unpaired) electrons. The highest BCUT2D eigenvalue weighted by molar-refractivity contribution is 6.35. The third kappa shape index (κ3) is 2.34. The number of fused-ring (bicyclic) bond motifs is 1. The molecule has 1 aromatic carbocycles. The Morgan fingerprint density at radius 2 is 2.05 bits per heavy atom. The smallest absolute Gasteiger partial charge is 0.0765 e. The Labute approximate surface area is 118 Å². The Morgan fingerprint density at radius 1 is 1.26 bits per heavy atom.